The summed E-state index contributed by atoms with van der Waals surface area (Å²) in [6.45, 7) is 0.804. The van der Waals surface area contributed by atoms with E-state index in [9.17, 15) is 4.79 Å². The molecule has 8 heteroatoms. The van der Waals surface area contributed by atoms with E-state index in [0.29, 0.717) is 29.5 Å². The molecular formula is C20H18N4O4. The minimum absolute atomic E-state index is 0.250. The highest BCUT2D eigenvalue weighted by atomic mass is 16.7. The lowest BCUT2D eigenvalue weighted by Crippen LogP contribution is -2.14. The zero-order valence-electron chi connectivity index (χ0n) is 15.1. The first kappa shape index (κ1) is 17.6. The van der Waals surface area contributed by atoms with Crippen LogP contribution in [0.5, 0.6) is 17.2 Å². The normalized spacial score (nSPS) is 11.8. The molecule has 0 aliphatic carbocycles. The van der Waals surface area contributed by atoms with E-state index in [1.807, 2.05) is 18.2 Å². The zero-order chi connectivity index (χ0) is 19.3. The summed E-state index contributed by atoms with van der Waals surface area (Å²) in [5.41, 5.74) is 1.46. The van der Waals surface area contributed by atoms with Gasteiger partial charge in [-0.3, -0.25) is 4.79 Å². The number of carbonyl (C=O) groups is 1. The molecule has 1 amide bonds. The molecule has 1 aliphatic rings. The van der Waals surface area contributed by atoms with Crippen molar-refractivity contribution in [1.29, 1.82) is 0 Å². The number of hydrogen-bond donors (Lipinski definition) is 2. The van der Waals surface area contributed by atoms with E-state index in [4.69, 9.17) is 14.2 Å². The highest BCUT2D eigenvalue weighted by molar-refractivity contribution is 6.05. The summed E-state index contributed by atoms with van der Waals surface area (Å²) in [7, 11) is 1.52. The summed E-state index contributed by atoms with van der Waals surface area (Å²) in [6, 6.07) is 16.2. The number of hydrogen-bond acceptors (Lipinski definition) is 7. The smallest absolute Gasteiger partial charge is 0.260 e. The third-order valence-electron chi connectivity index (χ3n) is 4.17. The highest BCUT2D eigenvalue weighted by Crippen LogP contribution is 2.32. The van der Waals surface area contributed by atoms with Crippen LogP contribution in [0, 0.1) is 0 Å². The number of nitrogens with one attached hydrogen (secondary N) is 2. The quantitative estimate of drug-likeness (QED) is 0.681. The number of ether oxygens (including phenoxy) is 3. The first-order valence-electron chi connectivity index (χ1n) is 8.63. The molecule has 0 spiro atoms. The van der Waals surface area contributed by atoms with Gasteiger partial charge in [-0.25, -0.2) is 0 Å². The van der Waals surface area contributed by atoms with Gasteiger partial charge in [-0.15, -0.1) is 10.2 Å². The first-order chi connectivity index (χ1) is 13.7. The molecule has 0 atom stereocenters. The van der Waals surface area contributed by atoms with Crippen LogP contribution < -0.4 is 24.8 Å². The Morgan fingerprint density at radius 3 is 2.64 bits per heavy atom. The molecule has 0 radical (unpaired) electrons. The molecule has 0 unspecified atom stereocenters. The van der Waals surface area contributed by atoms with Crippen molar-refractivity contribution in [2.24, 2.45) is 0 Å². The van der Waals surface area contributed by atoms with E-state index in [2.05, 4.69) is 20.8 Å². The molecule has 0 fully saturated rings. The second-order valence-electron chi connectivity index (χ2n) is 6.00. The maximum absolute atomic E-state index is 12.4. The van der Waals surface area contributed by atoms with Crippen LogP contribution in [-0.2, 0) is 6.54 Å². The molecule has 2 N–H and O–H groups in total. The van der Waals surface area contributed by atoms with Crippen molar-refractivity contribution in [3.05, 3.63) is 65.7 Å². The number of benzene rings is 2. The average Bonchev–Trinajstić information content (AvgIpc) is 3.21. The van der Waals surface area contributed by atoms with Crippen LogP contribution in [0.25, 0.3) is 0 Å². The van der Waals surface area contributed by atoms with Gasteiger partial charge >= 0.3 is 0 Å². The van der Waals surface area contributed by atoms with Gasteiger partial charge in [-0.2, -0.15) is 0 Å². The Morgan fingerprint density at radius 2 is 1.82 bits per heavy atom. The second kappa shape index (κ2) is 7.83. The monoisotopic (exact) mass is 378 g/mol. The minimum atomic E-state index is -0.312. The Hall–Kier alpha value is -3.81. The van der Waals surface area contributed by atoms with Crippen molar-refractivity contribution in [2.45, 2.75) is 6.54 Å². The number of aromatic nitrogens is 2. The Balaban J connectivity index is 1.36. The van der Waals surface area contributed by atoms with Crippen molar-refractivity contribution in [1.82, 2.24) is 10.2 Å². The summed E-state index contributed by atoms with van der Waals surface area (Å²) in [4.78, 5) is 12.4. The van der Waals surface area contributed by atoms with Gasteiger partial charge in [0, 0.05) is 6.54 Å². The first-order valence-corrected chi connectivity index (χ1v) is 8.63. The molecule has 1 aliphatic heterocycles. The van der Waals surface area contributed by atoms with Crippen LogP contribution >= 0.6 is 0 Å². The standard InChI is InChI=1S/C20H18N4O4/c1-26-15-5-3-2-4-14(15)20(25)22-19-9-8-18(23-24-19)21-11-13-6-7-16-17(10-13)28-12-27-16/h2-10H,11-12H2,1H3,(H,21,23)(H,22,24,25). The summed E-state index contributed by atoms with van der Waals surface area (Å²) in [5, 5.41) is 14.0. The SMILES string of the molecule is COc1ccccc1C(=O)Nc1ccc(NCc2ccc3c(c2)OCO3)nn1. The van der Waals surface area contributed by atoms with E-state index >= 15 is 0 Å². The van der Waals surface area contributed by atoms with Gasteiger partial charge in [-0.05, 0) is 42.0 Å². The van der Waals surface area contributed by atoms with Gasteiger partial charge in [-0.1, -0.05) is 18.2 Å². The summed E-state index contributed by atoms with van der Waals surface area (Å²) >= 11 is 0. The Labute approximate surface area is 161 Å². The fraction of sp³-hybridized carbons (Fsp3) is 0.150. The van der Waals surface area contributed by atoms with Crippen LogP contribution in [0.1, 0.15) is 15.9 Å². The van der Waals surface area contributed by atoms with Crippen LogP contribution in [0.15, 0.2) is 54.6 Å². The number of rotatable bonds is 6. The maximum Gasteiger partial charge on any atom is 0.260 e. The summed E-state index contributed by atoms with van der Waals surface area (Å²) in [6.07, 6.45) is 0. The molecule has 1 aromatic heterocycles. The third-order valence-corrected chi connectivity index (χ3v) is 4.17. The van der Waals surface area contributed by atoms with Crippen molar-refractivity contribution in [2.75, 3.05) is 24.5 Å². The van der Waals surface area contributed by atoms with Gasteiger partial charge in [0.1, 0.15) is 11.6 Å². The van der Waals surface area contributed by atoms with E-state index in [0.717, 1.165) is 17.1 Å². The number of amides is 1. The molecule has 8 nitrogen and oxygen atoms in total. The summed E-state index contributed by atoms with van der Waals surface area (Å²) < 4.78 is 15.9. The van der Waals surface area contributed by atoms with Crippen molar-refractivity contribution >= 4 is 17.5 Å². The number of methoxy groups -OCH3 is 1. The minimum Gasteiger partial charge on any atom is -0.496 e. The van der Waals surface area contributed by atoms with Gasteiger partial charge < -0.3 is 24.8 Å². The number of anilines is 2. The van der Waals surface area contributed by atoms with Crippen LogP contribution in [0.3, 0.4) is 0 Å². The molecular weight excluding hydrogens is 360 g/mol. The van der Waals surface area contributed by atoms with Crippen molar-refractivity contribution in [3.8, 4) is 17.2 Å². The fourth-order valence-electron chi connectivity index (χ4n) is 2.75. The van der Waals surface area contributed by atoms with Crippen LogP contribution in [-0.4, -0.2) is 30.0 Å². The number of carbonyl (C=O) groups excluding carboxylic acids is 1. The largest absolute Gasteiger partial charge is 0.496 e. The molecule has 28 heavy (non-hydrogen) atoms. The molecule has 0 saturated carbocycles. The zero-order valence-corrected chi connectivity index (χ0v) is 15.1. The topological polar surface area (TPSA) is 94.6 Å². The fourth-order valence-corrected chi connectivity index (χ4v) is 2.75. The van der Waals surface area contributed by atoms with Gasteiger partial charge in [0.05, 0.1) is 12.7 Å². The van der Waals surface area contributed by atoms with Gasteiger partial charge in [0.15, 0.2) is 17.3 Å². The van der Waals surface area contributed by atoms with E-state index in [-0.39, 0.29) is 12.7 Å². The molecule has 142 valence electrons. The lowest BCUT2D eigenvalue weighted by Gasteiger charge is -2.09. The third kappa shape index (κ3) is 3.80. The Bertz CT molecular complexity index is 992. The molecule has 2 heterocycles. The molecule has 0 saturated heterocycles. The lowest BCUT2D eigenvalue weighted by molar-refractivity contribution is 0.102. The van der Waals surface area contributed by atoms with Crippen molar-refractivity contribution < 1.29 is 19.0 Å². The molecule has 4 rings (SSSR count). The predicted molar refractivity (Wildman–Crippen MR) is 103 cm³/mol. The predicted octanol–water partition coefficient (Wildman–Crippen LogP) is 3.08. The van der Waals surface area contributed by atoms with Crippen LogP contribution in [0.2, 0.25) is 0 Å². The summed E-state index contributed by atoms with van der Waals surface area (Å²) in [5.74, 6) is 2.61. The van der Waals surface area contributed by atoms with Crippen molar-refractivity contribution in [3.63, 3.8) is 0 Å². The lowest BCUT2D eigenvalue weighted by atomic mass is 10.2. The molecule has 3 aromatic rings. The molecule has 2 aromatic carbocycles. The second-order valence-corrected chi connectivity index (χ2v) is 6.00. The molecule has 0 bridgehead atoms. The van der Waals surface area contributed by atoms with Crippen LogP contribution in [0.4, 0.5) is 11.6 Å². The Kier molecular flexibility index (Phi) is 4.92. The Morgan fingerprint density at radius 1 is 1.04 bits per heavy atom. The average molecular weight is 378 g/mol. The van der Waals surface area contributed by atoms with E-state index in [1.165, 1.54) is 7.11 Å². The maximum atomic E-state index is 12.4. The number of nitrogens with zero attached hydrogens (tertiary/aromatic N) is 2. The van der Waals surface area contributed by atoms with E-state index < -0.39 is 0 Å². The number of para-hydroxylation sites is 1. The van der Waals surface area contributed by atoms with E-state index in [1.54, 1.807) is 36.4 Å². The van der Waals surface area contributed by atoms with Gasteiger partial charge in [0.25, 0.3) is 5.91 Å². The van der Waals surface area contributed by atoms with Gasteiger partial charge in [0.2, 0.25) is 6.79 Å². The highest BCUT2D eigenvalue weighted by Gasteiger charge is 2.14. The number of fused-ring (bicyclic) bond motifs is 1.